The van der Waals surface area contributed by atoms with Crippen LogP contribution in [0.3, 0.4) is 0 Å². The number of pyridine rings is 1. The molecule has 0 aliphatic rings. The van der Waals surface area contributed by atoms with Gasteiger partial charge in [-0.3, -0.25) is 14.6 Å². The number of ketones is 1. The zero-order valence-corrected chi connectivity index (χ0v) is 8.15. The number of Topliss-reactive ketones (excluding diaryl/α,β-unsaturated/α-hetero) is 1. The fourth-order valence-corrected chi connectivity index (χ4v) is 1.02. The molecule has 0 radical (unpaired) electrons. The topological polar surface area (TPSA) is 73.1 Å². The Morgan fingerprint density at radius 3 is 2.36 bits per heavy atom. The lowest BCUT2D eigenvalue weighted by atomic mass is 10.0. The van der Waals surface area contributed by atoms with E-state index in [2.05, 4.69) is 4.98 Å². The van der Waals surface area contributed by atoms with Crippen molar-refractivity contribution in [1.82, 2.24) is 4.98 Å². The molecule has 0 saturated carbocycles. The molecule has 1 aromatic rings. The number of carbonyl (C=O) groups excluding carboxylic acids is 2. The summed E-state index contributed by atoms with van der Waals surface area (Å²) in [6.07, 6.45) is 1.38. The molecule has 1 heterocycles. The molecule has 2 N–H and O–H groups in total. The smallest absolute Gasteiger partial charge is 0.267 e. The van der Waals surface area contributed by atoms with Gasteiger partial charge in [-0.2, -0.15) is 0 Å². The van der Waals surface area contributed by atoms with Crippen LogP contribution in [0, 0.1) is 5.92 Å². The summed E-state index contributed by atoms with van der Waals surface area (Å²) in [5.41, 5.74) is 5.69. The van der Waals surface area contributed by atoms with Gasteiger partial charge in [0.2, 0.25) is 0 Å². The van der Waals surface area contributed by atoms with E-state index in [0.717, 1.165) is 0 Å². The maximum atomic E-state index is 11.5. The Morgan fingerprint density at radius 1 is 1.36 bits per heavy atom. The number of aromatic nitrogens is 1. The number of amides is 1. The predicted octanol–water partition coefficient (Wildman–Crippen LogP) is 1.02. The average Bonchev–Trinajstić information content (AvgIpc) is 2.16. The zero-order valence-electron chi connectivity index (χ0n) is 8.15. The Labute approximate surface area is 82.1 Å². The molecule has 0 aromatic carbocycles. The van der Waals surface area contributed by atoms with Crippen LogP contribution in [0.2, 0.25) is 0 Å². The normalized spacial score (nSPS) is 10.2. The SMILES string of the molecule is CC(C)C(=O)c1ccc(C(N)=O)nc1. The van der Waals surface area contributed by atoms with E-state index in [4.69, 9.17) is 5.73 Å². The molecule has 0 bridgehead atoms. The molecule has 0 saturated heterocycles. The van der Waals surface area contributed by atoms with Gasteiger partial charge >= 0.3 is 0 Å². The van der Waals surface area contributed by atoms with E-state index in [1.807, 2.05) is 13.8 Å². The van der Waals surface area contributed by atoms with Gasteiger partial charge in [-0.05, 0) is 12.1 Å². The monoisotopic (exact) mass is 192 g/mol. The lowest BCUT2D eigenvalue weighted by Crippen LogP contribution is -2.14. The second kappa shape index (κ2) is 4.00. The van der Waals surface area contributed by atoms with E-state index >= 15 is 0 Å². The fourth-order valence-electron chi connectivity index (χ4n) is 1.02. The third-order valence-corrected chi connectivity index (χ3v) is 1.82. The van der Waals surface area contributed by atoms with Crippen molar-refractivity contribution in [3.63, 3.8) is 0 Å². The van der Waals surface area contributed by atoms with Gasteiger partial charge in [-0.25, -0.2) is 0 Å². The Kier molecular flexibility index (Phi) is 2.96. The number of primary amides is 1. The van der Waals surface area contributed by atoms with Gasteiger partial charge in [-0.1, -0.05) is 13.8 Å². The maximum Gasteiger partial charge on any atom is 0.267 e. The number of rotatable bonds is 3. The van der Waals surface area contributed by atoms with Crippen molar-refractivity contribution in [2.45, 2.75) is 13.8 Å². The highest BCUT2D eigenvalue weighted by atomic mass is 16.1. The van der Waals surface area contributed by atoms with E-state index in [1.165, 1.54) is 12.3 Å². The molecular formula is C10H12N2O2. The van der Waals surface area contributed by atoms with Gasteiger partial charge in [0.15, 0.2) is 5.78 Å². The van der Waals surface area contributed by atoms with Crippen LogP contribution in [0.15, 0.2) is 18.3 Å². The van der Waals surface area contributed by atoms with Crippen LogP contribution < -0.4 is 5.73 Å². The summed E-state index contributed by atoms with van der Waals surface area (Å²) >= 11 is 0. The first kappa shape index (κ1) is 10.4. The zero-order chi connectivity index (χ0) is 10.7. The van der Waals surface area contributed by atoms with Crippen molar-refractivity contribution in [2.24, 2.45) is 11.7 Å². The quantitative estimate of drug-likeness (QED) is 0.726. The molecule has 0 fully saturated rings. The highest BCUT2D eigenvalue weighted by Gasteiger charge is 2.11. The molecule has 4 nitrogen and oxygen atoms in total. The number of carbonyl (C=O) groups is 2. The molecule has 1 rings (SSSR count). The predicted molar refractivity (Wildman–Crippen MR) is 51.9 cm³/mol. The second-order valence-electron chi connectivity index (χ2n) is 3.32. The van der Waals surface area contributed by atoms with Crippen molar-refractivity contribution in [3.8, 4) is 0 Å². The maximum absolute atomic E-state index is 11.5. The van der Waals surface area contributed by atoms with Crippen LogP contribution in [0.25, 0.3) is 0 Å². The Balaban J connectivity index is 2.94. The lowest BCUT2D eigenvalue weighted by Gasteiger charge is -2.03. The first-order valence-electron chi connectivity index (χ1n) is 4.32. The van der Waals surface area contributed by atoms with Crippen LogP contribution in [-0.2, 0) is 0 Å². The fraction of sp³-hybridized carbons (Fsp3) is 0.300. The molecule has 0 aliphatic carbocycles. The molecule has 0 aliphatic heterocycles. The third kappa shape index (κ3) is 2.16. The molecule has 4 heteroatoms. The first-order chi connectivity index (χ1) is 6.52. The van der Waals surface area contributed by atoms with Gasteiger partial charge < -0.3 is 5.73 Å². The van der Waals surface area contributed by atoms with Crippen LogP contribution >= 0.6 is 0 Å². The highest BCUT2D eigenvalue weighted by Crippen LogP contribution is 2.07. The van der Waals surface area contributed by atoms with Gasteiger partial charge in [0, 0.05) is 17.7 Å². The van der Waals surface area contributed by atoms with Gasteiger partial charge in [-0.15, -0.1) is 0 Å². The molecule has 0 spiro atoms. The summed E-state index contributed by atoms with van der Waals surface area (Å²) in [7, 11) is 0. The number of hydrogen-bond donors (Lipinski definition) is 1. The molecule has 14 heavy (non-hydrogen) atoms. The van der Waals surface area contributed by atoms with Gasteiger partial charge in [0.05, 0.1) is 0 Å². The van der Waals surface area contributed by atoms with Crippen LogP contribution in [0.5, 0.6) is 0 Å². The summed E-state index contributed by atoms with van der Waals surface area (Å²) < 4.78 is 0. The molecule has 1 aromatic heterocycles. The van der Waals surface area contributed by atoms with Crippen molar-refractivity contribution >= 4 is 11.7 Å². The Morgan fingerprint density at radius 2 is 2.00 bits per heavy atom. The van der Waals surface area contributed by atoms with Crippen molar-refractivity contribution < 1.29 is 9.59 Å². The Bertz CT molecular complexity index is 355. The van der Waals surface area contributed by atoms with Crippen LogP contribution in [0.4, 0.5) is 0 Å². The summed E-state index contributed by atoms with van der Waals surface area (Å²) in [4.78, 5) is 25.9. The Hall–Kier alpha value is -1.71. The van der Waals surface area contributed by atoms with E-state index in [-0.39, 0.29) is 17.4 Å². The largest absolute Gasteiger partial charge is 0.364 e. The highest BCUT2D eigenvalue weighted by molar-refractivity contribution is 5.98. The molecule has 74 valence electrons. The van der Waals surface area contributed by atoms with Crippen molar-refractivity contribution in [3.05, 3.63) is 29.6 Å². The minimum Gasteiger partial charge on any atom is -0.364 e. The summed E-state index contributed by atoms with van der Waals surface area (Å²) in [5.74, 6) is -0.654. The summed E-state index contributed by atoms with van der Waals surface area (Å²) in [5, 5.41) is 0. The van der Waals surface area contributed by atoms with E-state index < -0.39 is 5.91 Å². The summed E-state index contributed by atoms with van der Waals surface area (Å²) in [6.45, 7) is 3.62. The average molecular weight is 192 g/mol. The molecular weight excluding hydrogens is 180 g/mol. The number of hydrogen-bond acceptors (Lipinski definition) is 3. The minimum atomic E-state index is -0.589. The third-order valence-electron chi connectivity index (χ3n) is 1.82. The summed E-state index contributed by atoms with van der Waals surface area (Å²) in [6, 6.07) is 3.02. The standard InChI is InChI=1S/C10H12N2O2/c1-6(2)9(13)7-3-4-8(10(11)14)12-5-7/h3-6H,1-2H3,(H2,11,14). The van der Waals surface area contributed by atoms with Crippen LogP contribution in [0.1, 0.15) is 34.7 Å². The van der Waals surface area contributed by atoms with Gasteiger partial charge in [0.25, 0.3) is 5.91 Å². The molecule has 0 unspecified atom stereocenters. The number of nitrogens with two attached hydrogens (primary N) is 1. The minimum absolute atomic E-state index is 0.00789. The van der Waals surface area contributed by atoms with Gasteiger partial charge in [0.1, 0.15) is 5.69 Å². The molecule has 1 amide bonds. The van der Waals surface area contributed by atoms with Crippen molar-refractivity contribution in [2.75, 3.05) is 0 Å². The molecule has 0 atom stereocenters. The first-order valence-corrected chi connectivity index (χ1v) is 4.32. The van der Waals surface area contributed by atoms with E-state index in [1.54, 1.807) is 6.07 Å². The van der Waals surface area contributed by atoms with E-state index in [0.29, 0.717) is 5.56 Å². The second-order valence-corrected chi connectivity index (χ2v) is 3.32. The van der Waals surface area contributed by atoms with Crippen LogP contribution in [-0.4, -0.2) is 16.7 Å². The number of nitrogens with zero attached hydrogens (tertiary/aromatic N) is 1. The lowest BCUT2D eigenvalue weighted by molar-refractivity contribution is 0.0936. The van der Waals surface area contributed by atoms with E-state index in [9.17, 15) is 9.59 Å². The van der Waals surface area contributed by atoms with Crippen molar-refractivity contribution in [1.29, 1.82) is 0 Å².